The van der Waals surface area contributed by atoms with Crippen LogP contribution in [0.15, 0.2) is 30.3 Å². The van der Waals surface area contributed by atoms with E-state index in [-0.39, 0.29) is 12.1 Å². The fourth-order valence-electron chi connectivity index (χ4n) is 4.95. The molecule has 0 unspecified atom stereocenters. The van der Waals surface area contributed by atoms with Crippen LogP contribution >= 0.6 is 11.6 Å². The third-order valence-corrected chi connectivity index (χ3v) is 6.43. The van der Waals surface area contributed by atoms with Gasteiger partial charge >= 0.3 is 6.09 Å². The van der Waals surface area contributed by atoms with Gasteiger partial charge in [0.15, 0.2) is 0 Å². The Kier molecular flexibility index (Phi) is 6.21. The van der Waals surface area contributed by atoms with Crippen LogP contribution in [0.4, 0.5) is 4.79 Å². The van der Waals surface area contributed by atoms with Crippen LogP contribution in [0.5, 0.6) is 0 Å². The summed E-state index contributed by atoms with van der Waals surface area (Å²) >= 11 is 6.06. The number of amides is 1. The number of pyridine rings is 1. The van der Waals surface area contributed by atoms with Crippen molar-refractivity contribution in [2.75, 3.05) is 6.54 Å². The zero-order valence-corrected chi connectivity index (χ0v) is 18.9. The predicted octanol–water partition coefficient (Wildman–Crippen LogP) is 5.55. The van der Waals surface area contributed by atoms with Crippen molar-refractivity contribution in [3.8, 4) is 0 Å². The third kappa shape index (κ3) is 4.89. The molecule has 1 amide bonds. The summed E-state index contributed by atoms with van der Waals surface area (Å²) in [6.07, 6.45) is 5.68. The Bertz CT molecular complexity index is 911. The third-order valence-electron chi connectivity index (χ3n) is 6.19. The van der Waals surface area contributed by atoms with Crippen molar-refractivity contribution in [3.63, 3.8) is 0 Å². The highest BCUT2D eigenvalue weighted by Crippen LogP contribution is 2.40. The van der Waals surface area contributed by atoms with Gasteiger partial charge in [0.05, 0.1) is 11.2 Å². The van der Waals surface area contributed by atoms with Gasteiger partial charge in [-0.25, -0.2) is 4.79 Å². The monoisotopic (exact) mass is 429 g/mol. The molecule has 1 N–H and O–H groups in total. The average Bonchev–Trinajstić information content (AvgIpc) is 3.05. The van der Waals surface area contributed by atoms with Gasteiger partial charge < -0.3 is 15.0 Å². The molecule has 4 rings (SSSR count). The molecule has 5 nitrogen and oxygen atoms in total. The van der Waals surface area contributed by atoms with Gasteiger partial charge in [-0.05, 0) is 70.2 Å². The molecule has 30 heavy (non-hydrogen) atoms. The number of rotatable bonds is 4. The number of hydrogen-bond acceptors (Lipinski definition) is 4. The number of hydrogen-bond donors (Lipinski definition) is 1. The maximum atomic E-state index is 13.0. The molecule has 2 aliphatic rings. The van der Waals surface area contributed by atoms with Gasteiger partial charge in [0.25, 0.3) is 0 Å². The molecule has 3 atom stereocenters. The number of carbonyl (C=O) groups is 1. The second kappa shape index (κ2) is 8.72. The van der Waals surface area contributed by atoms with Crippen LogP contribution in [-0.4, -0.2) is 40.2 Å². The number of likely N-dealkylation sites (tertiary alicyclic amines) is 1. The van der Waals surface area contributed by atoms with E-state index in [0.29, 0.717) is 18.5 Å². The number of nitrogens with zero attached hydrogens (tertiary/aromatic N) is 2. The first-order chi connectivity index (χ1) is 14.3. The van der Waals surface area contributed by atoms with Crippen LogP contribution in [0, 0.1) is 5.92 Å². The largest absolute Gasteiger partial charge is 0.444 e. The van der Waals surface area contributed by atoms with Crippen LogP contribution in [-0.2, 0) is 11.3 Å². The maximum absolute atomic E-state index is 13.0. The summed E-state index contributed by atoms with van der Waals surface area (Å²) in [5.41, 5.74) is 1.46. The number of nitrogens with one attached hydrogen (secondary N) is 1. The second-order valence-electron chi connectivity index (χ2n) is 9.66. The van der Waals surface area contributed by atoms with Gasteiger partial charge in [0, 0.05) is 35.6 Å². The van der Waals surface area contributed by atoms with E-state index >= 15 is 0 Å². The molecule has 1 aliphatic carbocycles. The number of carbonyl (C=O) groups excluding carboxylic acids is 1. The van der Waals surface area contributed by atoms with Gasteiger partial charge in [-0.1, -0.05) is 30.5 Å². The average molecular weight is 430 g/mol. The van der Waals surface area contributed by atoms with Gasteiger partial charge in [0.2, 0.25) is 0 Å². The Labute approximate surface area is 184 Å². The summed E-state index contributed by atoms with van der Waals surface area (Å²) in [5.74, 6) is 0.599. The molecular formula is C24H32ClN3O2. The molecule has 1 saturated heterocycles. The number of ether oxygens (including phenoxy) is 1. The minimum Gasteiger partial charge on any atom is -0.444 e. The van der Waals surface area contributed by atoms with Crippen molar-refractivity contribution >= 4 is 28.6 Å². The Morgan fingerprint density at radius 1 is 1.23 bits per heavy atom. The Morgan fingerprint density at radius 3 is 2.83 bits per heavy atom. The molecule has 0 radical (unpaired) electrons. The van der Waals surface area contributed by atoms with E-state index < -0.39 is 5.60 Å². The van der Waals surface area contributed by atoms with Crippen LogP contribution in [0.1, 0.15) is 58.6 Å². The quantitative estimate of drug-likeness (QED) is 0.692. The Balaban J connectivity index is 1.41. The lowest BCUT2D eigenvalue weighted by atomic mass is 9.85. The summed E-state index contributed by atoms with van der Waals surface area (Å²) in [6, 6.07) is 10.3. The van der Waals surface area contributed by atoms with Crippen LogP contribution in [0.25, 0.3) is 10.9 Å². The highest BCUT2D eigenvalue weighted by atomic mass is 35.5. The normalized spacial score (nSPS) is 24.1. The van der Waals surface area contributed by atoms with E-state index in [4.69, 9.17) is 21.3 Å². The molecule has 2 heterocycles. The number of halogens is 1. The molecule has 162 valence electrons. The lowest BCUT2D eigenvalue weighted by Crippen LogP contribution is -2.48. The SMILES string of the molecule is CC(C)(C)OC(=O)N1[C@H](CNCc2ccc3cc(Cl)ccc3n2)C[C@@H]2CCCC[C@@H]21. The van der Waals surface area contributed by atoms with Crippen molar-refractivity contribution < 1.29 is 9.53 Å². The lowest BCUT2D eigenvalue weighted by Gasteiger charge is -2.35. The highest BCUT2D eigenvalue weighted by molar-refractivity contribution is 6.31. The van der Waals surface area contributed by atoms with E-state index in [1.165, 1.54) is 19.3 Å². The fraction of sp³-hybridized carbons (Fsp3) is 0.583. The fourth-order valence-corrected chi connectivity index (χ4v) is 5.13. The lowest BCUT2D eigenvalue weighted by molar-refractivity contribution is 0.0104. The summed E-state index contributed by atoms with van der Waals surface area (Å²) in [5, 5.41) is 5.31. The van der Waals surface area contributed by atoms with E-state index in [0.717, 1.165) is 41.0 Å². The van der Waals surface area contributed by atoms with Gasteiger partial charge in [0.1, 0.15) is 5.60 Å². The first-order valence-corrected chi connectivity index (χ1v) is 11.5. The topological polar surface area (TPSA) is 54.5 Å². The van der Waals surface area contributed by atoms with Crippen LogP contribution in [0.2, 0.25) is 5.02 Å². The molecule has 6 heteroatoms. The number of fused-ring (bicyclic) bond motifs is 2. The molecule has 0 spiro atoms. The number of benzene rings is 1. The van der Waals surface area contributed by atoms with Crippen molar-refractivity contribution in [2.45, 2.75) is 77.1 Å². The zero-order chi connectivity index (χ0) is 21.3. The van der Waals surface area contributed by atoms with Crippen molar-refractivity contribution in [1.82, 2.24) is 15.2 Å². The van der Waals surface area contributed by atoms with E-state index in [1.807, 2.05) is 49.9 Å². The summed E-state index contributed by atoms with van der Waals surface area (Å²) in [7, 11) is 0. The Hall–Kier alpha value is -1.85. The standard InChI is InChI=1S/C24H32ClN3O2/c1-24(2,3)30-23(29)28-20(13-17-6-4-5-7-22(17)28)15-26-14-19-10-8-16-12-18(25)9-11-21(16)27-19/h8-12,17,20,22,26H,4-7,13-15H2,1-3H3/t17-,20-,22-/m0/s1. The molecule has 2 fully saturated rings. The van der Waals surface area contributed by atoms with Gasteiger partial charge in [-0.15, -0.1) is 0 Å². The molecule has 1 aromatic carbocycles. The Morgan fingerprint density at radius 2 is 2.03 bits per heavy atom. The highest BCUT2D eigenvalue weighted by Gasteiger charge is 2.45. The predicted molar refractivity (Wildman–Crippen MR) is 121 cm³/mol. The van der Waals surface area contributed by atoms with Crippen LogP contribution in [0.3, 0.4) is 0 Å². The van der Waals surface area contributed by atoms with E-state index in [2.05, 4.69) is 11.4 Å². The minimum atomic E-state index is -0.472. The molecule has 1 aromatic heterocycles. The summed E-state index contributed by atoms with van der Waals surface area (Å²) in [6.45, 7) is 7.24. The maximum Gasteiger partial charge on any atom is 0.410 e. The van der Waals surface area contributed by atoms with Crippen molar-refractivity contribution in [2.24, 2.45) is 5.92 Å². The molecule has 1 aliphatic heterocycles. The number of aromatic nitrogens is 1. The van der Waals surface area contributed by atoms with Crippen LogP contribution < -0.4 is 5.32 Å². The second-order valence-corrected chi connectivity index (χ2v) is 10.1. The van der Waals surface area contributed by atoms with E-state index in [1.54, 1.807) is 0 Å². The molecular weight excluding hydrogens is 398 g/mol. The molecule has 1 saturated carbocycles. The summed E-state index contributed by atoms with van der Waals surface area (Å²) in [4.78, 5) is 19.8. The van der Waals surface area contributed by atoms with Crippen molar-refractivity contribution in [3.05, 3.63) is 41.0 Å². The molecule has 2 aromatic rings. The molecule has 0 bridgehead atoms. The van der Waals surface area contributed by atoms with Gasteiger partial charge in [-0.3, -0.25) is 4.98 Å². The smallest absolute Gasteiger partial charge is 0.410 e. The first kappa shape index (κ1) is 21.4. The van der Waals surface area contributed by atoms with Gasteiger partial charge in [-0.2, -0.15) is 0 Å². The minimum absolute atomic E-state index is 0.163. The first-order valence-electron chi connectivity index (χ1n) is 11.1. The summed E-state index contributed by atoms with van der Waals surface area (Å²) < 4.78 is 5.76. The van der Waals surface area contributed by atoms with Crippen molar-refractivity contribution in [1.29, 1.82) is 0 Å². The van der Waals surface area contributed by atoms with E-state index in [9.17, 15) is 4.79 Å². The zero-order valence-electron chi connectivity index (χ0n) is 18.2.